The normalized spacial score (nSPS) is 16.2. The highest BCUT2D eigenvalue weighted by atomic mass is 16.5. The van der Waals surface area contributed by atoms with Crippen LogP contribution in [-0.4, -0.2) is 38.0 Å². The summed E-state index contributed by atoms with van der Waals surface area (Å²) in [6, 6.07) is 0.230. The topological polar surface area (TPSA) is 30.5 Å². The highest BCUT2D eigenvalue weighted by molar-refractivity contribution is 4.85. The highest BCUT2D eigenvalue weighted by Gasteiger charge is 2.29. The van der Waals surface area contributed by atoms with Crippen LogP contribution in [-0.2, 0) is 9.47 Å². The second kappa shape index (κ2) is 8.06. The average molecular weight is 245 g/mol. The first kappa shape index (κ1) is 16.9. The van der Waals surface area contributed by atoms with E-state index in [1.807, 2.05) is 0 Å². The van der Waals surface area contributed by atoms with Crippen LogP contribution in [0.15, 0.2) is 0 Å². The van der Waals surface area contributed by atoms with E-state index in [0.29, 0.717) is 12.5 Å². The molecule has 0 aliphatic carbocycles. The van der Waals surface area contributed by atoms with Gasteiger partial charge in [-0.25, -0.2) is 0 Å². The van der Waals surface area contributed by atoms with E-state index < -0.39 is 0 Å². The van der Waals surface area contributed by atoms with Gasteiger partial charge in [0.05, 0.1) is 24.4 Å². The van der Waals surface area contributed by atoms with Gasteiger partial charge in [-0.2, -0.15) is 0 Å². The monoisotopic (exact) mass is 245 g/mol. The van der Waals surface area contributed by atoms with E-state index in [2.05, 4.69) is 46.9 Å². The predicted octanol–water partition coefficient (Wildman–Crippen LogP) is 2.84. The molecule has 1 N–H and O–H groups in total. The quantitative estimate of drug-likeness (QED) is 0.677. The van der Waals surface area contributed by atoms with Gasteiger partial charge in [-0.3, -0.25) is 0 Å². The molecule has 17 heavy (non-hydrogen) atoms. The van der Waals surface area contributed by atoms with Crippen molar-refractivity contribution in [1.29, 1.82) is 0 Å². The van der Waals surface area contributed by atoms with E-state index in [-0.39, 0.29) is 17.7 Å². The standard InChI is InChI=1S/C14H31NO2/c1-8-9-15-13(14(5,6)16-7)10-17-12(4)11(2)3/h11-13,15H,8-10H2,1-7H3. The highest BCUT2D eigenvalue weighted by Crippen LogP contribution is 2.16. The maximum Gasteiger partial charge on any atom is 0.0797 e. The van der Waals surface area contributed by atoms with E-state index >= 15 is 0 Å². The summed E-state index contributed by atoms with van der Waals surface area (Å²) in [5.74, 6) is 0.549. The number of hydrogen-bond acceptors (Lipinski definition) is 3. The molecule has 0 heterocycles. The lowest BCUT2D eigenvalue weighted by atomic mass is 9.99. The van der Waals surface area contributed by atoms with Crippen molar-refractivity contribution in [3.8, 4) is 0 Å². The van der Waals surface area contributed by atoms with E-state index in [9.17, 15) is 0 Å². The first-order valence-electron chi connectivity index (χ1n) is 6.75. The Morgan fingerprint density at radius 2 is 1.76 bits per heavy atom. The molecule has 0 saturated heterocycles. The molecule has 0 radical (unpaired) electrons. The Hall–Kier alpha value is -0.120. The van der Waals surface area contributed by atoms with E-state index in [1.165, 1.54) is 0 Å². The van der Waals surface area contributed by atoms with Crippen LogP contribution in [0.3, 0.4) is 0 Å². The number of hydrogen-bond donors (Lipinski definition) is 1. The van der Waals surface area contributed by atoms with E-state index in [4.69, 9.17) is 9.47 Å². The zero-order valence-corrected chi connectivity index (χ0v) is 12.7. The molecule has 0 aromatic heterocycles. The molecular formula is C14H31NO2. The van der Waals surface area contributed by atoms with Crippen LogP contribution in [0.5, 0.6) is 0 Å². The molecule has 104 valence electrons. The zero-order chi connectivity index (χ0) is 13.5. The number of methoxy groups -OCH3 is 1. The van der Waals surface area contributed by atoms with E-state index in [1.54, 1.807) is 7.11 Å². The molecule has 0 aliphatic rings. The first-order chi connectivity index (χ1) is 7.85. The molecule has 3 heteroatoms. The van der Waals surface area contributed by atoms with Crippen LogP contribution in [0.2, 0.25) is 0 Å². The van der Waals surface area contributed by atoms with Crippen LogP contribution >= 0.6 is 0 Å². The predicted molar refractivity (Wildman–Crippen MR) is 73.4 cm³/mol. The van der Waals surface area contributed by atoms with Crippen LogP contribution in [0, 0.1) is 5.92 Å². The molecule has 0 saturated carbocycles. The van der Waals surface area contributed by atoms with Crippen LogP contribution in [0.1, 0.15) is 48.0 Å². The van der Waals surface area contributed by atoms with Gasteiger partial charge in [-0.05, 0) is 39.7 Å². The third-order valence-corrected chi connectivity index (χ3v) is 3.47. The molecule has 2 atom stereocenters. The number of rotatable bonds is 9. The lowest BCUT2D eigenvalue weighted by Crippen LogP contribution is -2.51. The van der Waals surface area contributed by atoms with Crippen molar-refractivity contribution in [3.05, 3.63) is 0 Å². The van der Waals surface area contributed by atoms with Crippen molar-refractivity contribution in [2.45, 2.75) is 65.7 Å². The Morgan fingerprint density at radius 3 is 2.18 bits per heavy atom. The lowest BCUT2D eigenvalue weighted by Gasteiger charge is -2.34. The Morgan fingerprint density at radius 1 is 1.18 bits per heavy atom. The zero-order valence-electron chi connectivity index (χ0n) is 12.7. The van der Waals surface area contributed by atoms with Gasteiger partial charge >= 0.3 is 0 Å². The number of nitrogens with one attached hydrogen (secondary N) is 1. The van der Waals surface area contributed by atoms with Crippen LogP contribution < -0.4 is 5.32 Å². The van der Waals surface area contributed by atoms with Crippen molar-refractivity contribution < 1.29 is 9.47 Å². The molecule has 2 unspecified atom stereocenters. The minimum Gasteiger partial charge on any atom is -0.377 e. The van der Waals surface area contributed by atoms with Gasteiger partial charge in [0.2, 0.25) is 0 Å². The van der Waals surface area contributed by atoms with Crippen molar-refractivity contribution >= 4 is 0 Å². The number of ether oxygens (including phenoxy) is 2. The third kappa shape index (κ3) is 6.39. The second-order valence-electron chi connectivity index (χ2n) is 5.60. The summed E-state index contributed by atoms with van der Waals surface area (Å²) in [6.45, 7) is 14.6. The summed E-state index contributed by atoms with van der Waals surface area (Å²) in [7, 11) is 1.76. The Bertz CT molecular complexity index is 193. The maximum atomic E-state index is 5.91. The molecule has 0 aromatic carbocycles. The summed E-state index contributed by atoms with van der Waals surface area (Å²) < 4.78 is 11.5. The smallest absolute Gasteiger partial charge is 0.0797 e. The van der Waals surface area contributed by atoms with Gasteiger partial charge < -0.3 is 14.8 Å². The molecule has 0 spiro atoms. The molecule has 0 fully saturated rings. The van der Waals surface area contributed by atoms with Crippen molar-refractivity contribution in [2.24, 2.45) is 5.92 Å². The third-order valence-electron chi connectivity index (χ3n) is 3.47. The van der Waals surface area contributed by atoms with Crippen molar-refractivity contribution in [1.82, 2.24) is 5.32 Å². The summed E-state index contributed by atoms with van der Waals surface area (Å²) in [5.41, 5.74) is -0.203. The Balaban J connectivity index is 4.29. The molecule has 0 rings (SSSR count). The van der Waals surface area contributed by atoms with Gasteiger partial charge in [0.1, 0.15) is 0 Å². The second-order valence-corrected chi connectivity index (χ2v) is 5.60. The minimum atomic E-state index is -0.203. The fraction of sp³-hybridized carbons (Fsp3) is 1.00. The van der Waals surface area contributed by atoms with Gasteiger partial charge in [0.25, 0.3) is 0 Å². The fourth-order valence-electron chi connectivity index (χ4n) is 1.41. The molecule has 0 aromatic rings. The summed E-state index contributed by atoms with van der Waals surface area (Å²) in [4.78, 5) is 0. The molecule has 3 nitrogen and oxygen atoms in total. The maximum absolute atomic E-state index is 5.91. The van der Waals surface area contributed by atoms with Gasteiger partial charge in [-0.1, -0.05) is 20.8 Å². The SMILES string of the molecule is CCCNC(COC(C)C(C)C)C(C)(C)OC. The molecular weight excluding hydrogens is 214 g/mol. The van der Waals surface area contributed by atoms with Crippen LogP contribution in [0.4, 0.5) is 0 Å². The van der Waals surface area contributed by atoms with Gasteiger partial charge in [-0.15, -0.1) is 0 Å². The Labute approximate surface area is 107 Å². The fourth-order valence-corrected chi connectivity index (χ4v) is 1.41. The molecule has 0 bridgehead atoms. The van der Waals surface area contributed by atoms with Crippen molar-refractivity contribution in [2.75, 3.05) is 20.3 Å². The van der Waals surface area contributed by atoms with Gasteiger partial charge in [0, 0.05) is 7.11 Å². The summed E-state index contributed by atoms with van der Waals surface area (Å²) in [5, 5.41) is 3.50. The lowest BCUT2D eigenvalue weighted by molar-refractivity contribution is -0.0579. The molecule has 0 amide bonds. The van der Waals surface area contributed by atoms with Gasteiger partial charge in [0.15, 0.2) is 0 Å². The average Bonchev–Trinajstić information content (AvgIpc) is 2.28. The summed E-state index contributed by atoms with van der Waals surface area (Å²) >= 11 is 0. The van der Waals surface area contributed by atoms with Crippen molar-refractivity contribution in [3.63, 3.8) is 0 Å². The minimum absolute atomic E-state index is 0.203. The first-order valence-corrected chi connectivity index (χ1v) is 6.75. The Kier molecular flexibility index (Phi) is 8.01. The largest absolute Gasteiger partial charge is 0.377 e. The summed E-state index contributed by atoms with van der Waals surface area (Å²) in [6.07, 6.45) is 1.41. The van der Waals surface area contributed by atoms with E-state index in [0.717, 1.165) is 13.0 Å². The molecule has 0 aliphatic heterocycles. The van der Waals surface area contributed by atoms with Crippen LogP contribution in [0.25, 0.3) is 0 Å².